The molecule has 0 aromatic heterocycles. The Hall–Kier alpha value is 0.160. The number of ether oxygens (including phenoxy) is 4. The molecular formula is C10H14Cl2O4. The molecule has 2 heterocycles. The lowest BCUT2D eigenvalue weighted by molar-refractivity contribution is -0.210. The number of hydrogen-bond acceptors (Lipinski definition) is 4. The summed E-state index contributed by atoms with van der Waals surface area (Å²) in [5.74, 6) is -0.647. The molecule has 0 unspecified atom stereocenters. The Labute approximate surface area is 104 Å². The SMILES string of the molecule is CO[C@@H]1[C@H]2OC(C)(C)O[C@H]2O[C@@H]1C=C(Cl)Cl. The van der Waals surface area contributed by atoms with Gasteiger partial charge in [-0.15, -0.1) is 0 Å². The van der Waals surface area contributed by atoms with Gasteiger partial charge >= 0.3 is 0 Å². The van der Waals surface area contributed by atoms with Gasteiger partial charge < -0.3 is 18.9 Å². The molecule has 2 fully saturated rings. The highest BCUT2D eigenvalue weighted by Gasteiger charge is 2.54. The van der Waals surface area contributed by atoms with Crippen molar-refractivity contribution >= 4 is 23.2 Å². The molecule has 16 heavy (non-hydrogen) atoms. The van der Waals surface area contributed by atoms with Gasteiger partial charge in [-0.25, -0.2) is 0 Å². The van der Waals surface area contributed by atoms with Crippen LogP contribution in [0.4, 0.5) is 0 Å². The molecular weight excluding hydrogens is 255 g/mol. The van der Waals surface area contributed by atoms with Crippen molar-refractivity contribution in [3.05, 3.63) is 10.6 Å². The van der Waals surface area contributed by atoms with Crippen LogP contribution in [0.1, 0.15) is 13.8 Å². The summed E-state index contributed by atoms with van der Waals surface area (Å²) in [6, 6.07) is 0. The Bertz CT molecular complexity index is 301. The first-order chi connectivity index (χ1) is 7.43. The Morgan fingerprint density at radius 3 is 2.56 bits per heavy atom. The quantitative estimate of drug-likeness (QED) is 0.770. The first-order valence-corrected chi connectivity index (χ1v) is 5.75. The number of rotatable bonds is 2. The summed E-state index contributed by atoms with van der Waals surface area (Å²) >= 11 is 11.2. The van der Waals surface area contributed by atoms with Crippen LogP contribution in [0.2, 0.25) is 0 Å². The minimum Gasteiger partial charge on any atom is -0.375 e. The molecule has 0 amide bonds. The molecule has 0 saturated carbocycles. The molecule has 0 aliphatic carbocycles. The van der Waals surface area contributed by atoms with Gasteiger partial charge in [0.2, 0.25) is 0 Å². The highest BCUT2D eigenvalue weighted by Crippen LogP contribution is 2.39. The zero-order chi connectivity index (χ0) is 11.9. The molecule has 0 aromatic carbocycles. The van der Waals surface area contributed by atoms with Crippen LogP contribution in [0.15, 0.2) is 10.6 Å². The van der Waals surface area contributed by atoms with Gasteiger partial charge in [-0.3, -0.25) is 0 Å². The van der Waals surface area contributed by atoms with Gasteiger partial charge in [0.05, 0.1) is 0 Å². The first kappa shape index (κ1) is 12.6. The summed E-state index contributed by atoms with van der Waals surface area (Å²) in [4.78, 5) is 0. The summed E-state index contributed by atoms with van der Waals surface area (Å²) < 4.78 is 22.4. The Kier molecular flexibility index (Phi) is 3.50. The van der Waals surface area contributed by atoms with Crippen molar-refractivity contribution in [2.45, 2.75) is 44.2 Å². The van der Waals surface area contributed by atoms with Crippen LogP contribution in [0.5, 0.6) is 0 Å². The van der Waals surface area contributed by atoms with Crippen molar-refractivity contribution in [2.24, 2.45) is 0 Å². The van der Waals surface area contributed by atoms with E-state index in [1.165, 1.54) is 0 Å². The fourth-order valence-corrected chi connectivity index (χ4v) is 2.28. The molecule has 0 N–H and O–H groups in total. The van der Waals surface area contributed by atoms with Crippen LogP contribution < -0.4 is 0 Å². The summed E-state index contributed by atoms with van der Waals surface area (Å²) in [6.45, 7) is 3.67. The maximum atomic E-state index is 5.70. The van der Waals surface area contributed by atoms with Crippen molar-refractivity contribution < 1.29 is 18.9 Å². The maximum Gasteiger partial charge on any atom is 0.190 e. The van der Waals surface area contributed by atoms with Gasteiger partial charge in [-0.1, -0.05) is 23.2 Å². The van der Waals surface area contributed by atoms with Crippen LogP contribution >= 0.6 is 23.2 Å². The molecule has 0 aromatic rings. The molecule has 0 radical (unpaired) electrons. The highest BCUT2D eigenvalue weighted by atomic mass is 35.5. The van der Waals surface area contributed by atoms with Gasteiger partial charge in [-0.05, 0) is 19.9 Å². The zero-order valence-electron chi connectivity index (χ0n) is 9.28. The first-order valence-electron chi connectivity index (χ1n) is 4.99. The lowest BCUT2D eigenvalue weighted by atomic mass is 10.1. The monoisotopic (exact) mass is 268 g/mol. The molecule has 4 nitrogen and oxygen atoms in total. The normalized spacial score (nSPS) is 40.8. The average molecular weight is 269 g/mol. The second kappa shape index (κ2) is 4.44. The van der Waals surface area contributed by atoms with E-state index < -0.39 is 12.1 Å². The van der Waals surface area contributed by atoms with E-state index in [0.29, 0.717) is 0 Å². The fourth-order valence-electron chi connectivity index (χ4n) is 2.03. The molecule has 0 spiro atoms. The van der Waals surface area contributed by atoms with E-state index >= 15 is 0 Å². The number of hydrogen-bond donors (Lipinski definition) is 0. The maximum absolute atomic E-state index is 5.70. The smallest absolute Gasteiger partial charge is 0.190 e. The number of methoxy groups -OCH3 is 1. The fraction of sp³-hybridized carbons (Fsp3) is 0.800. The van der Waals surface area contributed by atoms with Crippen LogP contribution in [-0.4, -0.2) is 37.5 Å². The van der Waals surface area contributed by atoms with E-state index in [9.17, 15) is 0 Å². The van der Waals surface area contributed by atoms with Crippen molar-refractivity contribution in [2.75, 3.05) is 7.11 Å². The molecule has 4 atom stereocenters. The van der Waals surface area contributed by atoms with E-state index in [0.717, 1.165) is 0 Å². The van der Waals surface area contributed by atoms with Crippen molar-refractivity contribution in [1.29, 1.82) is 0 Å². The van der Waals surface area contributed by atoms with Crippen molar-refractivity contribution in [3.63, 3.8) is 0 Å². The van der Waals surface area contributed by atoms with Crippen LogP contribution in [-0.2, 0) is 18.9 Å². The van der Waals surface area contributed by atoms with Gasteiger partial charge in [-0.2, -0.15) is 0 Å². The molecule has 2 rings (SSSR count). The average Bonchev–Trinajstić information content (AvgIpc) is 2.54. The zero-order valence-corrected chi connectivity index (χ0v) is 10.8. The third kappa shape index (κ3) is 2.37. The minimum atomic E-state index is -0.647. The Morgan fingerprint density at radius 2 is 2.00 bits per heavy atom. The second-order valence-electron chi connectivity index (χ2n) is 4.23. The molecule has 92 valence electrons. The Balaban J connectivity index is 2.13. The molecule has 2 aliphatic heterocycles. The van der Waals surface area contributed by atoms with Gasteiger partial charge in [0.1, 0.15) is 22.8 Å². The van der Waals surface area contributed by atoms with Gasteiger partial charge in [0, 0.05) is 7.11 Å². The summed E-state index contributed by atoms with van der Waals surface area (Å²) in [7, 11) is 1.59. The number of fused-ring (bicyclic) bond motifs is 1. The van der Waals surface area contributed by atoms with E-state index in [4.69, 9.17) is 42.1 Å². The topological polar surface area (TPSA) is 36.9 Å². The van der Waals surface area contributed by atoms with E-state index in [2.05, 4.69) is 0 Å². The van der Waals surface area contributed by atoms with Crippen molar-refractivity contribution in [1.82, 2.24) is 0 Å². The highest BCUT2D eigenvalue weighted by molar-refractivity contribution is 6.55. The lowest BCUT2D eigenvalue weighted by Gasteiger charge is -2.23. The summed E-state index contributed by atoms with van der Waals surface area (Å²) in [5, 5.41) is 0. The lowest BCUT2D eigenvalue weighted by Crippen LogP contribution is -2.35. The standard InChI is InChI=1S/C10H14Cl2O4/c1-10(2)15-8-7(13-3)5(4-6(11)12)14-9(8)16-10/h4-5,7-9H,1-3H3/t5-,7+,8-,9-/m1/s1. The second-order valence-corrected chi connectivity index (χ2v) is 5.23. The van der Waals surface area contributed by atoms with Gasteiger partial charge in [0.25, 0.3) is 0 Å². The molecule has 2 aliphatic rings. The van der Waals surface area contributed by atoms with E-state index in [-0.39, 0.29) is 22.8 Å². The summed E-state index contributed by atoms with van der Waals surface area (Å²) in [5.41, 5.74) is 0. The van der Waals surface area contributed by atoms with Crippen molar-refractivity contribution in [3.8, 4) is 0 Å². The largest absolute Gasteiger partial charge is 0.375 e. The molecule has 2 saturated heterocycles. The number of halogens is 2. The third-order valence-corrected chi connectivity index (χ3v) is 2.84. The van der Waals surface area contributed by atoms with E-state index in [1.807, 2.05) is 13.8 Å². The van der Waals surface area contributed by atoms with Crippen LogP contribution in [0.3, 0.4) is 0 Å². The van der Waals surface area contributed by atoms with Crippen LogP contribution in [0.25, 0.3) is 0 Å². The predicted molar refractivity (Wildman–Crippen MR) is 59.3 cm³/mol. The Morgan fingerprint density at radius 1 is 1.31 bits per heavy atom. The molecule has 0 bridgehead atoms. The van der Waals surface area contributed by atoms with Gasteiger partial charge in [0.15, 0.2) is 12.1 Å². The molecule has 6 heteroatoms. The summed E-state index contributed by atoms with van der Waals surface area (Å²) in [6.07, 6.45) is 0.276. The predicted octanol–water partition coefficient (Wildman–Crippen LogP) is 2.20. The van der Waals surface area contributed by atoms with E-state index in [1.54, 1.807) is 13.2 Å². The third-order valence-electron chi connectivity index (χ3n) is 2.59. The van der Waals surface area contributed by atoms with Crippen LogP contribution in [0, 0.1) is 0 Å². The minimum absolute atomic E-state index is 0.145.